The molecule has 1 aromatic heterocycles. The van der Waals surface area contributed by atoms with E-state index < -0.39 is 11.6 Å². The number of aliphatic hydroxyl groups is 1. The van der Waals surface area contributed by atoms with Gasteiger partial charge in [-0.05, 0) is 31.5 Å². The van der Waals surface area contributed by atoms with Gasteiger partial charge in [-0.1, -0.05) is 24.6 Å². The van der Waals surface area contributed by atoms with E-state index in [2.05, 4.69) is 10.3 Å². The molecule has 5 nitrogen and oxygen atoms in total. The third-order valence-electron chi connectivity index (χ3n) is 3.94. The highest BCUT2D eigenvalue weighted by molar-refractivity contribution is 6.35. The second-order valence-electron chi connectivity index (χ2n) is 5.84. The Labute approximate surface area is 163 Å². The first-order valence-corrected chi connectivity index (χ1v) is 8.37. The number of carbonyl (C=O) groups excluding carboxylic acids is 1. The lowest BCUT2D eigenvalue weighted by Crippen LogP contribution is -2.33. The van der Waals surface area contributed by atoms with Crippen LogP contribution in [0.4, 0.5) is 10.2 Å². The molecule has 2 atom stereocenters. The summed E-state index contributed by atoms with van der Waals surface area (Å²) in [6.45, 7) is 3.61. The Kier molecular flexibility index (Phi) is 8.43. The van der Waals surface area contributed by atoms with E-state index in [4.69, 9.17) is 17.3 Å². The number of halogens is 3. The largest absolute Gasteiger partial charge is 0.395 e. The lowest BCUT2D eigenvalue weighted by atomic mass is 9.96. The maximum atomic E-state index is 15.1. The van der Waals surface area contributed by atoms with Gasteiger partial charge in [0.25, 0.3) is 0 Å². The maximum Gasteiger partial charge on any atom is 0.199 e. The number of pyridine rings is 1. The van der Waals surface area contributed by atoms with Crippen LogP contribution in [-0.4, -0.2) is 28.5 Å². The summed E-state index contributed by atoms with van der Waals surface area (Å²) >= 11 is 6.09. The number of benzene rings is 1. The van der Waals surface area contributed by atoms with Gasteiger partial charge < -0.3 is 16.2 Å². The van der Waals surface area contributed by atoms with Crippen molar-refractivity contribution in [3.8, 4) is 0 Å². The summed E-state index contributed by atoms with van der Waals surface area (Å²) in [6, 6.07) is 5.46. The van der Waals surface area contributed by atoms with Crippen LogP contribution in [0.2, 0.25) is 5.02 Å². The van der Waals surface area contributed by atoms with Crippen molar-refractivity contribution in [3.05, 3.63) is 58.0 Å². The molecule has 26 heavy (non-hydrogen) atoms. The van der Waals surface area contributed by atoms with E-state index >= 15 is 4.39 Å². The Morgan fingerprint density at radius 1 is 1.38 bits per heavy atom. The first-order chi connectivity index (χ1) is 11.9. The normalized spacial score (nSPS) is 13.0. The summed E-state index contributed by atoms with van der Waals surface area (Å²) in [7, 11) is 0. The average molecular weight is 402 g/mol. The van der Waals surface area contributed by atoms with E-state index in [-0.39, 0.29) is 53.1 Å². The predicted octanol–water partition coefficient (Wildman–Crippen LogP) is 3.53. The molecular formula is C18H22Cl2FN3O2. The van der Waals surface area contributed by atoms with Crippen molar-refractivity contribution in [1.82, 2.24) is 10.3 Å². The lowest BCUT2D eigenvalue weighted by molar-refractivity contribution is 0.103. The third-order valence-corrected chi connectivity index (χ3v) is 4.25. The monoisotopic (exact) mass is 401 g/mol. The summed E-state index contributed by atoms with van der Waals surface area (Å²) < 4.78 is 15.1. The van der Waals surface area contributed by atoms with Gasteiger partial charge in [-0.15, -0.1) is 12.4 Å². The minimum absolute atomic E-state index is 0. The number of nitrogens with two attached hydrogens (primary N) is 1. The van der Waals surface area contributed by atoms with Gasteiger partial charge >= 0.3 is 0 Å². The van der Waals surface area contributed by atoms with E-state index in [0.29, 0.717) is 12.0 Å². The molecule has 0 spiro atoms. The van der Waals surface area contributed by atoms with E-state index in [9.17, 15) is 9.90 Å². The van der Waals surface area contributed by atoms with Crippen LogP contribution in [0.3, 0.4) is 0 Å². The molecule has 0 saturated heterocycles. The quantitative estimate of drug-likeness (QED) is 0.617. The zero-order chi connectivity index (χ0) is 18.6. The molecule has 0 radical (unpaired) electrons. The van der Waals surface area contributed by atoms with Crippen molar-refractivity contribution >= 4 is 35.6 Å². The van der Waals surface area contributed by atoms with Crippen molar-refractivity contribution in [2.45, 2.75) is 32.4 Å². The molecular weight excluding hydrogens is 380 g/mol. The molecule has 0 saturated carbocycles. The van der Waals surface area contributed by atoms with Crippen molar-refractivity contribution in [1.29, 1.82) is 0 Å². The molecule has 0 aliphatic rings. The minimum atomic E-state index is -0.668. The number of hydrogen-bond acceptors (Lipinski definition) is 5. The fourth-order valence-electron chi connectivity index (χ4n) is 2.55. The first-order valence-electron chi connectivity index (χ1n) is 8.00. The number of carbonyl (C=O) groups is 1. The van der Waals surface area contributed by atoms with Gasteiger partial charge in [0.1, 0.15) is 11.6 Å². The average Bonchev–Trinajstić information content (AvgIpc) is 2.60. The van der Waals surface area contributed by atoms with Gasteiger partial charge in [-0.25, -0.2) is 9.37 Å². The van der Waals surface area contributed by atoms with Crippen LogP contribution in [0.25, 0.3) is 0 Å². The number of nitrogen functional groups attached to an aromatic ring is 1. The van der Waals surface area contributed by atoms with Crippen molar-refractivity contribution in [2.24, 2.45) is 0 Å². The second-order valence-corrected chi connectivity index (χ2v) is 6.24. The molecule has 0 fully saturated rings. The zero-order valence-electron chi connectivity index (χ0n) is 14.5. The number of nitrogens with one attached hydrogen (secondary N) is 1. The van der Waals surface area contributed by atoms with Gasteiger partial charge in [0, 0.05) is 29.4 Å². The number of ketones is 1. The van der Waals surface area contributed by atoms with Gasteiger partial charge in [0.15, 0.2) is 5.78 Å². The minimum Gasteiger partial charge on any atom is -0.395 e. The van der Waals surface area contributed by atoms with Crippen LogP contribution < -0.4 is 11.1 Å². The number of hydrogen-bond donors (Lipinski definition) is 3. The summed E-state index contributed by atoms with van der Waals surface area (Å²) in [6.07, 6.45) is 1.88. The smallest absolute Gasteiger partial charge is 0.199 e. The molecule has 142 valence electrons. The van der Waals surface area contributed by atoms with Gasteiger partial charge in [-0.2, -0.15) is 0 Å². The summed E-state index contributed by atoms with van der Waals surface area (Å²) in [5.74, 6) is -0.953. The molecule has 0 bridgehead atoms. The number of rotatable bonds is 7. The first kappa shape index (κ1) is 22.3. The fraction of sp³-hybridized carbons (Fsp3) is 0.333. The van der Waals surface area contributed by atoms with Crippen LogP contribution >= 0.6 is 24.0 Å². The van der Waals surface area contributed by atoms with Crippen LogP contribution in [0.1, 0.15) is 47.8 Å². The number of aromatic nitrogens is 1. The maximum absolute atomic E-state index is 15.1. The molecule has 0 aliphatic heterocycles. The molecule has 0 unspecified atom stereocenters. The van der Waals surface area contributed by atoms with E-state index in [1.165, 1.54) is 24.4 Å². The van der Waals surface area contributed by atoms with Crippen LogP contribution in [-0.2, 0) is 0 Å². The molecule has 1 heterocycles. The molecule has 2 rings (SSSR count). The standard InChI is InChI=1S/C18H21ClFN3O2.ClH/c1-3-14(23-10(2)9-24)12-5-6-13(19)16(17(12)20)18(25)11-4-7-15(21)22-8-11;/h4-8,10,14,23-24H,3,9H2,1-2H3,(H2,21,22);1H/t10-,14-;/m0./s1. The van der Waals surface area contributed by atoms with Crippen LogP contribution in [0.5, 0.6) is 0 Å². The molecule has 0 amide bonds. The van der Waals surface area contributed by atoms with Crippen molar-refractivity contribution < 1.29 is 14.3 Å². The van der Waals surface area contributed by atoms with Crippen LogP contribution in [0.15, 0.2) is 30.5 Å². The summed E-state index contributed by atoms with van der Waals surface area (Å²) in [5, 5.41) is 12.4. The predicted molar refractivity (Wildman–Crippen MR) is 103 cm³/mol. The lowest BCUT2D eigenvalue weighted by Gasteiger charge is -2.23. The van der Waals surface area contributed by atoms with Crippen molar-refractivity contribution in [3.63, 3.8) is 0 Å². The van der Waals surface area contributed by atoms with Crippen LogP contribution in [0, 0.1) is 5.82 Å². The molecule has 0 aliphatic carbocycles. The molecule has 4 N–H and O–H groups in total. The third kappa shape index (κ3) is 4.92. The highest BCUT2D eigenvalue weighted by Crippen LogP contribution is 2.29. The van der Waals surface area contributed by atoms with Gasteiger partial charge in [0.2, 0.25) is 0 Å². The Balaban J connectivity index is 0.00000338. The number of nitrogens with zero attached hydrogens (tertiary/aromatic N) is 1. The highest BCUT2D eigenvalue weighted by Gasteiger charge is 2.24. The topological polar surface area (TPSA) is 88.2 Å². The van der Waals surface area contributed by atoms with Crippen molar-refractivity contribution in [2.75, 3.05) is 12.3 Å². The Bertz CT molecular complexity index is 757. The molecule has 2 aromatic rings. The molecule has 8 heteroatoms. The van der Waals surface area contributed by atoms with E-state index in [1.807, 2.05) is 6.92 Å². The summed E-state index contributed by atoms with van der Waals surface area (Å²) in [5.41, 5.74) is 5.86. The van der Waals surface area contributed by atoms with E-state index in [1.54, 1.807) is 13.0 Å². The Morgan fingerprint density at radius 3 is 2.62 bits per heavy atom. The number of anilines is 1. The van der Waals surface area contributed by atoms with Gasteiger partial charge in [-0.3, -0.25) is 4.79 Å². The Morgan fingerprint density at radius 2 is 2.08 bits per heavy atom. The van der Waals surface area contributed by atoms with Gasteiger partial charge in [0.05, 0.1) is 17.2 Å². The summed E-state index contributed by atoms with van der Waals surface area (Å²) in [4.78, 5) is 16.5. The number of aliphatic hydroxyl groups excluding tert-OH is 1. The SMILES string of the molecule is CC[C@H](N[C@@H](C)CO)c1ccc(Cl)c(C(=O)c2ccc(N)nc2)c1F.Cl. The zero-order valence-corrected chi connectivity index (χ0v) is 16.1. The molecule has 1 aromatic carbocycles. The Hall–Kier alpha value is -1.73. The highest BCUT2D eigenvalue weighted by atomic mass is 35.5. The fourth-order valence-corrected chi connectivity index (χ4v) is 2.79. The second kappa shape index (κ2) is 9.83. The van der Waals surface area contributed by atoms with E-state index in [0.717, 1.165) is 0 Å².